The van der Waals surface area contributed by atoms with Crippen LogP contribution >= 0.6 is 27.5 Å². The van der Waals surface area contributed by atoms with Gasteiger partial charge in [-0.3, -0.25) is 0 Å². The Balaban J connectivity index is 2.98. The van der Waals surface area contributed by atoms with Crippen molar-refractivity contribution in [2.45, 2.75) is 6.42 Å². The number of hydrogen-bond donors (Lipinski definition) is 1. The molecule has 2 nitrogen and oxygen atoms in total. The van der Waals surface area contributed by atoms with Crippen molar-refractivity contribution in [1.82, 2.24) is 0 Å². The molecule has 0 aliphatic carbocycles. The largest absolute Gasteiger partial charge is 0.478 e. The minimum absolute atomic E-state index is 0.153. The minimum Gasteiger partial charge on any atom is -0.478 e. The fourth-order valence-corrected chi connectivity index (χ4v) is 1.74. The van der Waals surface area contributed by atoms with E-state index < -0.39 is 5.97 Å². The van der Waals surface area contributed by atoms with Crippen LogP contribution in [0.5, 0.6) is 0 Å². The first kappa shape index (κ1) is 10.5. The molecule has 0 aliphatic heterocycles. The number of carbonyl (C=O) groups is 1. The zero-order valence-electron chi connectivity index (χ0n) is 6.76. The van der Waals surface area contributed by atoms with E-state index >= 15 is 0 Å². The fourth-order valence-electron chi connectivity index (χ4n) is 0.997. The molecule has 0 aliphatic rings. The summed E-state index contributed by atoms with van der Waals surface area (Å²) in [4.78, 5) is 10.6. The van der Waals surface area contributed by atoms with Crippen LogP contribution in [-0.2, 0) is 6.42 Å². The molecular weight excluding hydrogens is 255 g/mol. The van der Waals surface area contributed by atoms with E-state index in [1.165, 1.54) is 6.07 Å². The summed E-state index contributed by atoms with van der Waals surface area (Å²) in [6.45, 7) is 0. The predicted molar refractivity (Wildman–Crippen MR) is 55.9 cm³/mol. The summed E-state index contributed by atoms with van der Waals surface area (Å²) in [5.74, 6) is -0.990. The molecule has 0 atom stereocenters. The quantitative estimate of drug-likeness (QED) is 0.851. The first-order valence-electron chi connectivity index (χ1n) is 3.73. The lowest BCUT2D eigenvalue weighted by atomic mass is 10.1. The van der Waals surface area contributed by atoms with Crippen LogP contribution in [0.15, 0.2) is 18.2 Å². The van der Waals surface area contributed by atoms with Crippen LogP contribution in [0.25, 0.3) is 0 Å². The summed E-state index contributed by atoms with van der Waals surface area (Å²) in [6.07, 6.45) is 0.847. The molecule has 0 heterocycles. The first-order valence-corrected chi connectivity index (χ1v) is 5.22. The zero-order valence-corrected chi connectivity index (χ0v) is 9.10. The van der Waals surface area contributed by atoms with Crippen molar-refractivity contribution in [2.24, 2.45) is 0 Å². The van der Waals surface area contributed by atoms with Gasteiger partial charge in [-0.25, -0.2) is 4.79 Å². The molecule has 0 saturated carbocycles. The molecule has 4 heteroatoms. The van der Waals surface area contributed by atoms with Crippen LogP contribution in [0.4, 0.5) is 0 Å². The highest BCUT2D eigenvalue weighted by Gasteiger charge is 2.07. The summed E-state index contributed by atoms with van der Waals surface area (Å²) in [5.41, 5.74) is 1.19. The van der Waals surface area contributed by atoms with E-state index in [4.69, 9.17) is 16.7 Å². The molecule has 0 spiro atoms. The molecule has 1 rings (SSSR count). The number of rotatable bonds is 3. The predicted octanol–water partition coefficient (Wildman–Crippen LogP) is 2.98. The maximum atomic E-state index is 10.6. The monoisotopic (exact) mass is 262 g/mol. The van der Waals surface area contributed by atoms with Crippen LogP contribution < -0.4 is 0 Å². The molecular formula is C9H8BrClO2. The Labute approximate surface area is 89.7 Å². The van der Waals surface area contributed by atoms with Crippen molar-refractivity contribution in [3.05, 3.63) is 34.3 Å². The summed E-state index contributed by atoms with van der Waals surface area (Å²) in [6, 6.07) is 4.99. The van der Waals surface area contributed by atoms with Gasteiger partial charge >= 0.3 is 5.97 Å². The highest BCUT2D eigenvalue weighted by Crippen LogP contribution is 2.18. The lowest BCUT2D eigenvalue weighted by Crippen LogP contribution is -1.98. The van der Waals surface area contributed by atoms with Gasteiger partial charge in [0.15, 0.2) is 0 Å². The minimum atomic E-state index is -0.990. The molecule has 0 bridgehead atoms. The van der Waals surface area contributed by atoms with Gasteiger partial charge in [-0.05, 0) is 24.1 Å². The number of alkyl halides is 1. The average Bonchev–Trinajstić information content (AvgIpc) is 2.04. The highest BCUT2D eigenvalue weighted by atomic mass is 79.9. The number of carboxylic acids is 1. The maximum absolute atomic E-state index is 10.6. The molecule has 0 unspecified atom stereocenters. The second-order valence-electron chi connectivity index (χ2n) is 2.56. The van der Waals surface area contributed by atoms with Crippen molar-refractivity contribution in [3.8, 4) is 0 Å². The Bertz CT molecular complexity index is 325. The van der Waals surface area contributed by atoms with Crippen LogP contribution in [0, 0.1) is 0 Å². The smallest absolute Gasteiger partial charge is 0.337 e. The summed E-state index contributed by atoms with van der Waals surface area (Å²) in [5, 5.41) is 9.83. The third kappa shape index (κ3) is 2.71. The maximum Gasteiger partial charge on any atom is 0.337 e. The van der Waals surface area contributed by atoms with Gasteiger partial charge in [0.2, 0.25) is 0 Å². The molecule has 1 N–H and O–H groups in total. The number of carboxylic acid groups (broad SMARTS) is 1. The van der Waals surface area contributed by atoms with Crippen molar-refractivity contribution in [2.75, 3.05) is 5.33 Å². The van der Waals surface area contributed by atoms with Crippen LogP contribution in [0.2, 0.25) is 5.02 Å². The summed E-state index contributed by atoms with van der Waals surface area (Å²) >= 11 is 9.06. The van der Waals surface area contributed by atoms with Gasteiger partial charge in [-0.2, -0.15) is 0 Å². The van der Waals surface area contributed by atoms with E-state index in [2.05, 4.69) is 15.9 Å². The van der Waals surface area contributed by atoms with Gasteiger partial charge in [-0.1, -0.05) is 33.6 Å². The highest BCUT2D eigenvalue weighted by molar-refractivity contribution is 9.09. The van der Waals surface area contributed by atoms with E-state index in [9.17, 15) is 4.79 Å². The zero-order chi connectivity index (χ0) is 9.84. The van der Waals surface area contributed by atoms with Crippen molar-refractivity contribution < 1.29 is 9.90 Å². The second-order valence-corrected chi connectivity index (χ2v) is 3.76. The van der Waals surface area contributed by atoms with Gasteiger partial charge < -0.3 is 5.11 Å². The topological polar surface area (TPSA) is 37.3 Å². The Hall–Kier alpha value is -0.540. The van der Waals surface area contributed by atoms with E-state index in [0.29, 0.717) is 5.02 Å². The van der Waals surface area contributed by atoms with E-state index in [1.807, 2.05) is 0 Å². The first-order chi connectivity index (χ1) is 6.15. The van der Waals surface area contributed by atoms with Gasteiger partial charge in [0, 0.05) is 5.33 Å². The molecule has 13 heavy (non-hydrogen) atoms. The molecule has 70 valence electrons. The standard InChI is InChI=1S/C9H8BrClO2/c10-4-3-6-1-2-7(9(12)13)8(11)5-6/h1-2,5H,3-4H2,(H,12,13). The van der Waals surface area contributed by atoms with Crippen molar-refractivity contribution in [1.29, 1.82) is 0 Å². The van der Waals surface area contributed by atoms with Gasteiger partial charge in [0.1, 0.15) is 0 Å². The van der Waals surface area contributed by atoms with Gasteiger partial charge in [0.05, 0.1) is 10.6 Å². The Morgan fingerprint density at radius 1 is 1.54 bits per heavy atom. The lowest BCUT2D eigenvalue weighted by Gasteiger charge is -2.01. The summed E-state index contributed by atoms with van der Waals surface area (Å²) < 4.78 is 0. The number of halogens is 2. The van der Waals surface area contributed by atoms with Gasteiger partial charge in [-0.15, -0.1) is 0 Å². The Kier molecular flexibility index (Phi) is 3.75. The Morgan fingerprint density at radius 3 is 2.69 bits per heavy atom. The van der Waals surface area contributed by atoms with E-state index in [0.717, 1.165) is 17.3 Å². The van der Waals surface area contributed by atoms with Gasteiger partial charge in [0.25, 0.3) is 0 Å². The fraction of sp³-hybridized carbons (Fsp3) is 0.222. The van der Waals surface area contributed by atoms with Crippen LogP contribution in [0.3, 0.4) is 0 Å². The van der Waals surface area contributed by atoms with Crippen molar-refractivity contribution in [3.63, 3.8) is 0 Å². The third-order valence-corrected chi connectivity index (χ3v) is 2.36. The number of aryl methyl sites for hydroxylation is 1. The SMILES string of the molecule is O=C(O)c1ccc(CCBr)cc1Cl. The number of benzene rings is 1. The van der Waals surface area contributed by atoms with Crippen LogP contribution in [0.1, 0.15) is 15.9 Å². The normalized spacial score (nSPS) is 10.0. The average molecular weight is 264 g/mol. The molecule has 0 aromatic heterocycles. The van der Waals surface area contributed by atoms with E-state index in [-0.39, 0.29) is 5.56 Å². The molecule has 1 aromatic rings. The molecule has 0 saturated heterocycles. The van der Waals surface area contributed by atoms with Crippen LogP contribution in [-0.4, -0.2) is 16.4 Å². The third-order valence-electron chi connectivity index (χ3n) is 1.65. The van der Waals surface area contributed by atoms with E-state index in [1.54, 1.807) is 12.1 Å². The lowest BCUT2D eigenvalue weighted by molar-refractivity contribution is 0.0697. The number of aromatic carboxylic acids is 1. The molecule has 1 aromatic carbocycles. The summed E-state index contributed by atoms with van der Waals surface area (Å²) in [7, 11) is 0. The second kappa shape index (κ2) is 4.63. The number of hydrogen-bond acceptors (Lipinski definition) is 1. The van der Waals surface area contributed by atoms with Crippen molar-refractivity contribution >= 4 is 33.5 Å². The molecule has 0 radical (unpaired) electrons. The molecule has 0 fully saturated rings. The Morgan fingerprint density at radius 2 is 2.23 bits per heavy atom. The molecule has 0 amide bonds.